The molecule has 0 spiro atoms. The van der Waals surface area contributed by atoms with E-state index >= 15 is 0 Å². The quantitative estimate of drug-likeness (QED) is 0.899. The highest BCUT2D eigenvalue weighted by atomic mass is 79.9. The molecule has 0 aromatic heterocycles. The predicted molar refractivity (Wildman–Crippen MR) is 87.6 cm³/mol. The molecule has 4 nitrogen and oxygen atoms in total. The number of amides is 2. The molecule has 22 heavy (non-hydrogen) atoms. The first-order valence-electron chi connectivity index (χ1n) is 6.49. The lowest BCUT2D eigenvalue weighted by Gasteiger charge is -2.15. The molecule has 2 rings (SSSR count). The Balaban J connectivity index is 2.13. The van der Waals surface area contributed by atoms with Crippen molar-refractivity contribution in [3.8, 4) is 0 Å². The van der Waals surface area contributed by atoms with Gasteiger partial charge < -0.3 is 10.2 Å². The summed E-state index contributed by atoms with van der Waals surface area (Å²) >= 11 is 3.14. The summed E-state index contributed by atoms with van der Waals surface area (Å²) in [5.74, 6) is -1.22. The first-order valence-corrected chi connectivity index (χ1v) is 7.28. The molecule has 2 aromatic carbocycles. The van der Waals surface area contributed by atoms with Gasteiger partial charge >= 0.3 is 0 Å². The molecule has 0 saturated carbocycles. The van der Waals surface area contributed by atoms with Gasteiger partial charge in [0, 0.05) is 29.8 Å². The van der Waals surface area contributed by atoms with E-state index in [1.807, 2.05) is 0 Å². The van der Waals surface area contributed by atoms with E-state index in [1.54, 1.807) is 37.4 Å². The number of rotatable bonds is 3. The Morgan fingerprint density at radius 3 is 2.32 bits per heavy atom. The number of nitrogens with zero attached hydrogens (tertiary/aromatic N) is 1. The second-order valence-electron chi connectivity index (χ2n) is 4.70. The van der Waals surface area contributed by atoms with Crippen LogP contribution in [0.1, 0.15) is 17.3 Å². The average molecular weight is 365 g/mol. The Labute approximate surface area is 136 Å². The molecule has 1 N–H and O–H groups in total. The molecule has 0 aliphatic carbocycles. The highest BCUT2D eigenvalue weighted by Gasteiger charge is 2.12. The van der Waals surface area contributed by atoms with Crippen LogP contribution in [0, 0.1) is 5.82 Å². The molecule has 6 heteroatoms. The van der Waals surface area contributed by atoms with Crippen molar-refractivity contribution >= 4 is 39.1 Å². The number of carbonyl (C=O) groups is 2. The van der Waals surface area contributed by atoms with Crippen molar-refractivity contribution in [2.45, 2.75) is 6.92 Å². The third-order valence-electron chi connectivity index (χ3n) is 3.16. The molecular formula is C16H14BrFN2O2. The lowest BCUT2D eigenvalue weighted by molar-refractivity contribution is -0.116. The zero-order valence-corrected chi connectivity index (χ0v) is 13.6. The highest BCUT2D eigenvalue weighted by molar-refractivity contribution is 9.10. The van der Waals surface area contributed by atoms with Crippen molar-refractivity contribution < 1.29 is 14.0 Å². The van der Waals surface area contributed by atoms with Crippen molar-refractivity contribution in [3.05, 3.63) is 58.3 Å². The van der Waals surface area contributed by atoms with Crippen LogP contribution < -0.4 is 10.2 Å². The van der Waals surface area contributed by atoms with Crippen molar-refractivity contribution in [3.63, 3.8) is 0 Å². The molecule has 0 atom stereocenters. The summed E-state index contributed by atoms with van der Waals surface area (Å²) < 4.78 is 14.3. The maximum Gasteiger partial charge on any atom is 0.258 e. The number of carbonyl (C=O) groups excluding carboxylic acids is 2. The maximum absolute atomic E-state index is 13.7. The summed E-state index contributed by atoms with van der Waals surface area (Å²) in [5, 5.41) is 2.62. The molecule has 2 amide bonds. The number of anilines is 2. The van der Waals surface area contributed by atoms with Crippen molar-refractivity contribution in [1.82, 2.24) is 0 Å². The minimum absolute atomic E-state index is 0.0341. The first kappa shape index (κ1) is 16.2. The zero-order chi connectivity index (χ0) is 16.3. The van der Waals surface area contributed by atoms with E-state index in [-0.39, 0.29) is 11.5 Å². The Hall–Kier alpha value is -2.21. The molecule has 114 valence electrons. The zero-order valence-electron chi connectivity index (χ0n) is 12.1. The van der Waals surface area contributed by atoms with Gasteiger partial charge in [0.25, 0.3) is 5.91 Å². The van der Waals surface area contributed by atoms with Crippen molar-refractivity contribution in [1.29, 1.82) is 0 Å². The van der Waals surface area contributed by atoms with Gasteiger partial charge in [-0.3, -0.25) is 9.59 Å². The molecule has 0 aliphatic heterocycles. The molecule has 0 bridgehead atoms. The van der Waals surface area contributed by atoms with E-state index < -0.39 is 11.7 Å². The highest BCUT2D eigenvalue weighted by Crippen LogP contribution is 2.19. The van der Waals surface area contributed by atoms with Crippen LogP contribution in [0.4, 0.5) is 15.8 Å². The Kier molecular flexibility index (Phi) is 4.92. The van der Waals surface area contributed by atoms with Crippen LogP contribution >= 0.6 is 15.9 Å². The Morgan fingerprint density at radius 2 is 1.77 bits per heavy atom. The fourth-order valence-corrected chi connectivity index (χ4v) is 2.16. The second kappa shape index (κ2) is 6.70. The molecule has 0 unspecified atom stereocenters. The van der Waals surface area contributed by atoms with Gasteiger partial charge in [-0.2, -0.15) is 0 Å². The molecule has 0 saturated heterocycles. The van der Waals surface area contributed by atoms with Gasteiger partial charge in [-0.05, 0) is 42.5 Å². The smallest absolute Gasteiger partial charge is 0.258 e. The first-order chi connectivity index (χ1) is 10.4. The summed E-state index contributed by atoms with van der Waals surface area (Å²) in [7, 11) is 1.66. The number of hydrogen-bond acceptors (Lipinski definition) is 2. The van der Waals surface area contributed by atoms with E-state index in [2.05, 4.69) is 21.2 Å². The van der Waals surface area contributed by atoms with Crippen LogP contribution in [-0.4, -0.2) is 18.9 Å². The molecule has 0 fully saturated rings. The van der Waals surface area contributed by atoms with Crippen LogP contribution in [0.25, 0.3) is 0 Å². The average Bonchev–Trinajstić information content (AvgIpc) is 2.47. The molecule has 0 aliphatic rings. The van der Waals surface area contributed by atoms with Gasteiger partial charge in [0.1, 0.15) is 5.82 Å². The number of halogens is 2. The molecule has 0 radical (unpaired) electrons. The summed E-state index contributed by atoms with van der Waals surface area (Å²) in [4.78, 5) is 24.8. The normalized spacial score (nSPS) is 10.2. The third-order valence-corrected chi connectivity index (χ3v) is 3.65. The van der Waals surface area contributed by atoms with Gasteiger partial charge in [0.15, 0.2) is 0 Å². The largest absolute Gasteiger partial charge is 0.322 e. The lowest BCUT2D eigenvalue weighted by Crippen LogP contribution is -2.22. The Morgan fingerprint density at radius 1 is 1.14 bits per heavy atom. The van der Waals surface area contributed by atoms with Crippen LogP contribution in [-0.2, 0) is 4.79 Å². The van der Waals surface area contributed by atoms with Gasteiger partial charge in [-0.1, -0.05) is 15.9 Å². The van der Waals surface area contributed by atoms with Gasteiger partial charge in [-0.25, -0.2) is 4.39 Å². The fourth-order valence-electron chi connectivity index (χ4n) is 1.82. The Bertz CT molecular complexity index is 717. The second-order valence-corrected chi connectivity index (χ2v) is 5.62. The summed E-state index contributed by atoms with van der Waals surface area (Å²) in [6.07, 6.45) is 0. The summed E-state index contributed by atoms with van der Waals surface area (Å²) in [6.45, 7) is 1.46. The number of hydrogen-bond donors (Lipinski definition) is 1. The standard InChI is InChI=1S/C16H14BrFN2O2/c1-10(21)20(2)13-6-4-12(5-7-13)19-16(22)14-8-3-11(17)9-15(14)18/h3-9H,1-2H3,(H,19,22). The molecular weight excluding hydrogens is 351 g/mol. The van der Waals surface area contributed by atoms with E-state index in [0.29, 0.717) is 15.8 Å². The van der Waals surface area contributed by atoms with E-state index in [9.17, 15) is 14.0 Å². The fraction of sp³-hybridized carbons (Fsp3) is 0.125. The van der Waals surface area contributed by atoms with Crippen molar-refractivity contribution in [2.24, 2.45) is 0 Å². The third kappa shape index (κ3) is 3.71. The predicted octanol–water partition coefficient (Wildman–Crippen LogP) is 3.82. The van der Waals surface area contributed by atoms with Crippen LogP contribution in [0.15, 0.2) is 46.9 Å². The number of nitrogens with one attached hydrogen (secondary N) is 1. The van der Waals surface area contributed by atoms with Gasteiger partial charge in [-0.15, -0.1) is 0 Å². The van der Waals surface area contributed by atoms with Crippen molar-refractivity contribution in [2.75, 3.05) is 17.3 Å². The minimum atomic E-state index is -0.597. The topological polar surface area (TPSA) is 49.4 Å². The van der Waals surface area contributed by atoms with Crippen LogP contribution in [0.5, 0.6) is 0 Å². The van der Waals surface area contributed by atoms with Crippen LogP contribution in [0.2, 0.25) is 0 Å². The van der Waals surface area contributed by atoms with E-state index in [4.69, 9.17) is 0 Å². The van der Waals surface area contributed by atoms with Gasteiger partial charge in [0.05, 0.1) is 5.56 Å². The maximum atomic E-state index is 13.7. The lowest BCUT2D eigenvalue weighted by atomic mass is 10.2. The van der Waals surface area contributed by atoms with E-state index in [1.165, 1.54) is 24.0 Å². The minimum Gasteiger partial charge on any atom is -0.322 e. The van der Waals surface area contributed by atoms with Crippen LogP contribution in [0.3, 0.4) is 0 Å². The molecule has 2 aromatic rings. The molecule has 0 heterocycles. The number of benzene rings is 2. The van der Waals surface area contributed by atoms with Gasteiger partial charge in [0.2, 0.25) is 5.91 Å². The summed E-state index contributed by atoms with van der Waals surface area (Å²) in [6, 6.07) is 11.0. The summed E-state index contributed by atoms with van der Waals surface area (Å²) in [5.41, 5.74) is 1.20. The SMILES string of the molecule is CC(=O)N(C)c1ccc(NC(=O)c2ccc(Br)cc2F)cc1. The monoisotopic (exact) mass is 364 g/mol. The van der Waals surface area contributed by atoms with E-state index in [0.717, 1.165) is 0 Å².